The fourth-order valence-corrected chi connectivity index (χ4v) is 1.43. The van der Waals surface area contributed by atoms with Crippen molar-refractivity contribution < 1.29 is 9.53 Å². The number of hydrogen-bond donors (Lipinski definition) is 1. The first-order valence-corrected chi connectivity index (χ1v) is 5.78. The van der Waals surface area contributed by atoms with Crippen LogP contribution in [-0.2, 0) is 16.1 Å². The highest BCUT2D eigenvalue weighted by molar-refractivity contribution is 6.30. The molecule has 0 spiro atoms. The van der Waals surface area contributed by atoms with E-state index in [9.17, 15) is 4.79 Å². The zero-order chi connectivity index (χ0) is 11.8. The summed E-state index contributed by atoms with van der Waals surface area (Å²) in [5.74, 6) is -0.207. The summed E-state index contributed by atoms with van der Waals surface area (Å²) in [6.45, 7) is 1.40. The van der Waals surface area contributed by atoms with Gasteiger partial charge in [0.1, 0.15) is 5.88 Å². The molecule has 0 aliphatic heterocycles. The first-order valence-electron chi connectivity index (χ1n) is 4.87. The normalized spacial score (nSPS) is 10.1. The highest BCUT2D eigenvalue weighted by Gasteiger charge is 1.97. The van der Waals surface area contributed by atoms with Gasteiger partial charge in [-0.2, -0.15) is 0 Å². The molecule has 0 fully saturated rings. The Balaban J connectivity index is 2.14. The molecule has 5 heteroatoms. The van der Waals surface area contributed by atoms with Crippen LogP contribution in [0.2, 0.25) is 5.02 Å². The molecule has 1 aromatic carbocycles. The van der Waals surface area contributed by atoms with Crippen LogP contribution in [0.1, 0.15) is 5.56 Å². The zero-order valence-electron chi connectivity index (χ0n) is 8.71. The SMILES string of the molecule is O=C(CCl)NCCOCc1cccc(Cl)c1. The Hall–Kier alpha value is -0.770. The third kappa shape index (κ3) is 5.35. The maximum absolute atomic E-state index is 10.8. The van der Waals surface area contributed by atoms with Gasteiger partial charge < -0.3 is 10.1 Å². The number of benzene rings is 1. The van der Waals surface area contributed by atoms with E-state index in [-0.39, 0.29) is 11.8 Å². The minimum absolute atomic E-state index is 0.0196. The van der Waals surface area contributed by atoms with E-state index in [0.717, 1.165) is 5.56 Å². The molecule has 3 nitrogen and oxygen atoms in total. The predicted octanol–water partition coefficient (Wildman–Crippen LogP) is 2.21. The molecule has 0 aliphatic carbocycles. The first-order chi connectivity index (χ1) is 7.72. The third-order valence-electron chi connectivity index (χ3n) is 1.85. The predicted molar refractivity (Wildman–Crippen MR) is 64.8 cm³/mol. The lowest BCUT2D eigenvalue weighted by atomic mass is 10.2. The molecule has 1 rings (SSSR count). The van der Waals surface area contributed by atoms with E-state index in [1.807, 2.05) is 24.3 Å². The molecular formula is C11H13Cl2NO2. The topological polar surface area (TPSA) is 38.3 Å². The lowest BCUT2D eigenvalue weighted by molar-refractivity contribution is -0.118. The number of rotatable bonds is 6. The van der Waals surface area contributed by atoms with Gasteiger partial charge in [-0.15, -0.1) is 11.6 Å². The second kappa shape index (κ2) is 7.49. The number of nitrogens with one attached hydrogen (secondary N) is 1. The Morgan fingerprint density at radius 2 is 2.25 bits per heavy atom. The minimum atomic E-state index is -0.187. The second-order valence-electron chi connectivity index (χ2n) is 3.17. The molecule has 0 bridgehead atoms. The van der Waals surface area contributed by atoms with E-state index in [4.69, 9.17) is 27.9 Å². The van der Waals surface area contributed by atoms with Crippen LogP contribution < -0.4 is 5.32 Å². The Morgan fingerprint density at radius 3 is 2.94 bits per heavy atom. The lowest BCUT2D eigenvalue weighted by Crippen LogP contribution is -2.28. The molecule has 1 N–H and O–H groups in total. The highest BCUT2D eigenvalue weighted by Crippen LogP contribution is 2.11. The van der Waals surface area contributed by atoms with E-state index in [2.05, 4.69) is 5.32 Å². The van der Waals surface area contributed by atoms with Gasteiger partial charge in [-0.3, -0.25) is 4.79 Å². The van der Waals surface area contributed by atoms with E-state index in [1.165, 1.54) is 0 Å². The van der Waals surface area contributed by atoms with E-state index in [1.54, 1.807) is 0 Å². The van der Waals surface area contributed by atoms with Gasteiger partial charge >= 0.3 is 0 Å². The van der Waals surface area contributed by atoms with Crippen LogP contribution in [-0.4, -0.2) is 24.9 Å². The molecule has 0 heterocycles. The molecule has 0 saturated heterocycles. The number of alkyl halides is 1. The van der Waals surface area contributed by atoms with Gasteiger partial charge in [0.15, 0.2) is 0 Å². The highest BCUT2D eigenvalue weighted by atomic mass is 35.5. The molecular weight excluding hydrogens is 249 g/mol. The smallest absolute Gasteiger partial charge is 0.235 e. The largest absolute Gasteiger partial charge is 0.375 e. The van der Waals surface area contributed by atoms with Crippen LogP contribution in [0.5, 0.6) is 0 Å². The number of ether oxygens (including phenoxy) is 1. The summed E-state index contributed by atoms with van der Waals surface area (Å²) < 4.78 is 5.35. The standard InChI is InChI=1S/C11H13Cl2NO2/c12-7-11(15)14-4-5-16-8-9-2-1-3-10(13)6-9/h1-3,6H,4-5,7-8H2,(H,14,15). The fraction of sp³-hybridized carbons (Fsp3) is 0.364. The zero-order valence-corrected chi connectivity index (χ0v) is 10.2. The van der Waals surface area contributed by atoms with Crippen molar-refractivity contribution in [2.45, 2.75) is 6.61 Å². The van der Waals surface area contributed by atoms with Crippen LogP contribution in [0.25, 0.3) is 0 Å². The molecule has 0 unspecified atom stereocenters. The summed E-state index contributed by atoms with van der Waals surface area (Å²) in [5, 5.41) is 3.30. The number of amides is 1. The quantitative estimate of drug-likeness (QED) is 0.630. The molecule has 0 radical (unpaired) electrons. The molecule has 1 aromatic rings. The van der Waals surface area contributed by atoms with Crippen molar-refractivity contribution in [2.24, 2.45) is 0 Å². The van der Waals surface area contributed by atoms with Gasteiger partial charge in [0.25, 0.3) is 0 Å². The van der Waals surface area contributed by atoms with Crippen molar-refractivity contribution in [2.75, 3.05) is 19.0 Å². The van der Waals surface area contributed by atoms with E-state index >= 15 is 0 Å². The maximum Gasteiger partial charge on any atom is 0.235 e. The van der Waals surface area contributed by atoms with Crippen LogP contribution in [0.15, 0.2) is 24.3 Å². The average Bonchev–Trinajstić information content (AvgIpc) is 2.28. The van der Waals surface area contributed by atoms with Gasteiger partial charge in [-0.1, -0.05) is 23.7 Å². The summed E-state index contributed by atoms with van der Waals surface area (Å²) in [6.07, 6.45) is 0. The first kappa shape index (κ1) is 13.3. The van der Waals surface area contributed by atoms with Gasteiger partial charge in [0, 0.05) is 11.6 Å². The molecule has 0 aromatic heterocycles. The Labute approximate surface area is 105 Å². The van der Waals surface area contributed by atoms with Crippen LogP contribution >= 0.6 is 23.2 Å². The van der Waals surface area contributed by atoms with Crippen molar-refractivity contribution >= 4 is 29.1 Å². The van der Waals surface area contributed by atoms with Crippen molar-refractivity contribution in [3.63, 3.8) is 0 Å². The molecule has 88 valence electrons. The fourth-order valence-electron chi connectivity index (χ4n) is 1.13. The summed E-state index contributed by atoms with van der Waals surface area (Å²) in [6, 6.07) is 7.46. The third-order valence-corrected chi connectivity index (χ3v) is 2.33. The van der Waals surface area contributed by atoms with Gasteiger partial charge in [0.2, 0.25) is 5.91 Å². The number of carbonyl (C=O) groups excluding carboxylic acids is 1. The Bertz CT molecular complexity index is 345. The maximum atomic E-state index is 10.8. The summed E-state index contributed by atoms with van der Waals surface area (Å²) in [5.41, 5.74) is 1.01. The average molecular weight is 262 g/mol. The lowest BCUT2D eigenvalue weighted by Gasteiger charge is -2.05. The summed E-state index contributed by atoms with van der Waals surface area (Å²) in [4.78, 5) is 10.8. The van der Waals surface area contributed by atoms with Gasteiger partial charge in [-0.25, -0.2) is 0 Å². The van der Waals surface area contributed by atoms with E-state index < -0.39 is 0 Å². The summed E-state index contributed by atoms with van der Waals surface area (Å²) >= 11 is 11.1. The molecule has 0 saturated carbocycles. The molecule has 0 atom stereocenters. The van der Waals surface area contributed by atoms with Crippen LogP contribution in [0.3, 0.4) is 0 Å². The van der Waals surface area contributed by atoms with Crippen LogP contribution in [0, 0.1) is 0 Å². The van der Waals surface area contributed by atoms with Crippen LogP contribution in [0.4, 0.5) is 0 Å². The molecule has 1 amide bonds. The number of hydrogen-bond acceptors (Lipinski definition) is 2. The van der Waals surface area contributed by atoms with E-state index in [0.29, 0.717) is 24.8 Å². The molecule has 16 heavy (non-hydrogen) atoms. The number of carbonyl (C=O) groups is 1. The van der Waals surface area contributed by atoms with Crippen molar-refractivity contribution in [1.82, 2.24) is 5.32 Å². The number of halogens is 2. The van der Waals surface area contributed by atoms with Crippen molar-refractivity contribution in [1.29, 1.82) is 0 Å². The van der Waals surface area contributed by atoms with Gasteiger partial charge in [-0.05, 0) is 17.7 Å². The van der Waals surface area contributed by atoms with Crippen molar-refractivity contribution in [3.05, 3.63) is 34.9 Å². The van der Waals surface area contributed by atoms with Gasteiger partial charge in [0.05, 0.1) is 13.2 Å². The Kier molecular flexibility index (Phi) is 6.23. The summed E-state index contributed by atoms with van der Waals surface area (Å²) in [7, 11) is 0. The van der Waals surface area contributed by atoms with Crippen molar-refractivity contribution in [3.8, 4) is 0 Å². The second-order valence-corrected chi connectivity index (χ2v) is 3.87. The Morgan fingerprint density at radius 1 is 1.44 bits per heavy atom. The minimum Gasteiger partial charge on any atom is -0.375 e. The molecule has 0 aliphatic rings. The monoisotopic (exact) mass is 261 g/mol.